The first-order chi connectivity index (χ1) is 8.88. The third kappa shape index (κ3) is 5.30. The summed E-state index contributed by atoms with van der Waals surface area (Å²) in [5.41, 5.74) is 0.845. The van der Waals surface area contributed by atoms with Crippen molar-refractivity contribution in [3.63, 3.8) is 0 Å². The predicted molar refractivity (Wildman–Crippen MR) is 70.1 cm³/mol. The number of rotatable bonds is 4. The Morgan fingerprint density at radius 2 is 2.05 bits per heavy atom. The Morgan fingerprint density at radius 3 is 2.58 bits per heavy atom. The molecule has 1 rings (SSSR count). The van der Waals surface area contributed by atoms with Crippen molar-refractivity contribution in [2.75, 3.05) is 5.32 Å². The first-order valence-electron chi connectivity index (χ1n) is 5.37. The molecule has 0 unspecified atom stereocenters. The molecule has 0 bridgehead atoms. The first kappa shape index (κ1) is 14.8. The van der Waals surface area contributed by atoms with E-state index in [0.717, 1.165) is 11.8 Å². The van der Waals surface area contributed by atoms with E-state index in [-0.39, 0.29) is 5.92 Å². The Hall–Kier alpha value is -2.22. The number of nitrogens with one attached hydrogen (secondary N) is 2. The Bertz CT molecular complexity index is 522. The van der Waals surface area contributed by atoms with Gasteiger partial charge in [-0.15, -0.1) is 11.3 Å². The maximum Gasteiger partial charge on any atom is 0.328 e. The fourth-order valence-corrected chi connectivity index (χ4v) is 1.90. The van der Waals surface area contributed by atoms with E-state index < -0.39 is 17.9 Å². The Kier molecular flexibility index (Phi) is 5.19. The fourth-order valence-electron chi connectivity index (χ4n) is 1.04. The van der Waals surface area contributed by atoms with Crippen molar-refractivity contribution < 1.29 is 19.5 Å². The number of carbonyl (C=O) groups excluding carboxylic acids is 2. The van der Waals surface area contributed by atoms with Gasteiger partial charge in [-0.2, -0.15) is 0 Å². The van der Waals surface area contributed by atoms with E-state index in [2.05, 4.69) is 10.3 Å². The van der Waals surface area contributed by atoms with Crippen molar-refractivity contribution in [3.05, 3.63) is 23.2 Å². The van der Waals surface area contributed by atoms with Crippen LogP contribution in [0.15, 0.2) is 17.5 Å². The number of thiazole rings is 1. The van der Waals surface area contributed by atoms with E-state index in [1.165, 1.54) is 11.3 Å². The van der Waals surface area contributed by atoms with E-state index >= 15 is 0 Å². The van der Waals surface area contributed by atoms with E-state index in [1.807, 2.05) is 24.5 Å². The zero-order valence-electron chi connectivity index (χ0n) is 10.3. The highest BCUT2D eigenvalue weighted by Gasteiger charge is 2.10. The van der Waals surface area contributed by atoms with E-state index in [4.69, 9.17) is 5.11 Å². The second kappa shape index (κ2) is 6.64. The van der Waals surface area contributed by atoms with Gasteiger partial charge in [-0.05, 0) is 5.92 Å². The SMILES string of the molecule is CC(C)c1csc(NC(=O)NC(=O)C=CC(=O)O)n1. The Labute approximate surface area is 113 Å². The molecule has 0 fully saturated rings. The molecule has 0 aliphatic rings. The normalized spacial score (nSPS) is 10.7. The van der Waals surface area contributed by atoms with E-state index in [0.29, 0.717) is 11.2 Å². The minimum absolute atomic E-state index is 0.245. The highest BCUT2D eigenvalue weighted by atomic mass is 32.1. The molecule has 0 aliphatic carbocycles. The molecular weight excluding hydrogens is 270 g/mol. The lowest BCUT2D eigenvalue weighted by Crippen LogP contribution is -2.33. The lowest BCUT2D eigenvalue weighted by Gasteiger charge is -2.01. The zero-order valence-corrected chi connectivity index (χ0v) is 11.2. The summed E-state index contributed by atoms with van der Waals surface area (Å²) in [6.07, 6.45) is 1.40. The van der Waals surface area contributed by atoms with Crippen LogP contribution in [0.25, 0.3) is 0 Å². The molecule has 1 aromatic heterocycles. The number of urea groups is 1. The topological polar surface area (TPSA) is 108 Å². The summed E-state index contributed by atoms with van der Waals surface area (Å²) >= 11 is 1.25. The van der Waals surface area contributed by atoms with Gasteiger partial charge in [0.15, 0.2) is 5.13 Å². The standard InChI is InChI=1S/C11H13N3O4S/c1-6(2)7-5-19-11(12-7)14-10(18)13-8(15)3-4-9(16)17/h3-6H,1-2H3,(H,16,17)(H2,12,13,14,15,18). The minimum Gasteiger partial charge on any atom is -0.478 e. The Balaban J connectivity index is 2.50. The molecule has 1 aromatic rings. The van der Waals surface area contributed by atoms with Crippen LogP contribution in [0.4, 0.5) is 9.93 Å². The van der Waals surface area contributed by atoms with Crippen molar-refractivity contribution in [1.82, 2.24) is 10.3 Å². The molecular formula is C11H13N3O4S. The van der Waals surface area contributed by atoms with Gasteiger partial charge in [0, 0.05) is 17.5 Å². The van der Waals surface area contributed by atoms with Gasteiger partial charge in [-0.1, -0.05) is 13.8 Å². The number of amides is 3. The van der Waals surface area contributed by atoms with Gasteiger partial charge in [0.2, 0.25) is 0 Å². The van der Waals surface area contributed by atoms with Crippen LogP contribution in [0.1, 0.15) is 25.5 Å². The third-order valence-electron chi connectivity index (χ3n) is 1.95. The lowest BCUT2D eigenvalue weighted by molar-refractivity contribution is -0.131. The maximum atomic E-state index is 11.4. The number of anilines is 1. The number of carboxylic acid groups (broad SMARTS) is 1. The van der Waals surface area contributed by atoms with Crippen molar-refractivity contribution in [2.45, 2.75) is 19.8 Å². The summed E-state index contributed by atoms with van der Waals surface area (Å²) in [5, 5.41) is 14.8. The third-order valence-corrected chi connectivity index (χ3v) is 2.72. The summed E-state index contributed by atoms with van der Waals surface area (Å²) < 4.78 is 0. The average Bonchev–Trinajstić information content (AvgIpc) is 2.74. The molecule has 0 spiro atoms. The number of aromatic nitrogens is 1. The van der Waals surface area contributed by atoms with Gasteiger partial charge in [0.1, 0.15) is 0 Å². The van der Waals surface area contributed by atoms with Gasteiger partial charge < -0.3 is 5.11 Å². The molecule has 3 amide bonds. The van der Waals surface area contributed by atoms with Crippen LogP contribution in [0.5, 0.6) is 0 Å². The second-order valence-corrected chi connectivity index (χ2v) is 4.71. The highest BCUT2D eigenvalue weighted by molar-refractivity contribution is 7.13. The van der Waals surface area contributed by atoms with Crippen LogP contribution in [-0.4, -0.2) is 28.0 Å². The summed E-state index contributed by atoms with van der Waals surface area (Å²) in [5.74, 6) is -1.84. The summed E-state index contributed by atoms with van der Waals surface area (Å²) in [7, 11) is 0. The number of aliphatic carboxylic acids is 1. The second-order valence-electron chi connectivity index (χ2n) is 3.85. The van der Waals surface area contributed by atoms with Gasteiger partial charge in [0.05, 0.1) is 5.69 Å². The number of imide groups is 1. The maximum absolute atomic E-state index is 11.4. The van der Waals surface area contributed by atoms with Crippen molar-refractivity contribution >= 4 is 34.4 Å². The molecule has 0 aromatic carbocycles. The van der Waals surface area contributed by atoms with Crippen molar-refractivity contribution in [1.29, 1.82) is 0 Å². The fraction of sp³-hybridized carbons (Fsp3) is 0.273. The largest absolute Gasteiger partial charge is 0.478 e. The molecule has 7 nitrogen and oxygen atoms in total. The number of nitrogens with zero attached hydrogens (tertiary/aromatic N) is 1. The molecule has 3 N–H and O–H groups in total. The van der Waals surface area contributed by atoms with E-state index in [9.17, 15) is 14.4 Å². The summed E-state index contributed by atoms with van der Waals surface area (Å²) in [4.78, 5) is 36.8. The summed E-state index contributed by atoms with van der Waals surface area (Å²) in [6.45, 7) is 3.94. The molecule has 0 radical (unpaired) electrons. The minimum atomic E-state index is -1.27. The van der Waals surface area contributed by atoms with Gasteiger partial charge in [0.25, 0.3) is 5.91 Å². The number of carboxylic acids is 1. The summed E-state index contributed by atoms with van der Waals surface area (Å²) in [6, 6.07) is -0.760. The quantitative estimate of drug-likeness (QED) is 0.726. The lowest BCUT2D eigenvalue weighted by atomic mass is 10.2. The van der Waals surface area contributed by atoms with Gasteiger partial charge >= 0.3 is 12.0 Å². The first-order valence-corrected chi connectivity index (χ1v) is 6.25. The monoisotopic (exact) mass is 283 g/mol. The van der Waals surface area contributed by atoms with Crippen LogP contribution < -0.4 is 10.6 Å². The van der Waals surface area contributed by atoms with Gasteiger partial charge in [-0.25, -0.2) is 14.6 Å². The molecule has 102 valence electrons. The van der Waals surface area contributed by atoms with Crippen LogP contribution in [0.3, 0.4) is 0 Å². The Morgan fingerprint density at radius 1 is 1.37 bits per heavy atom. The van der Waals surface area contributed by atoms with Crippen molar-refractivity contribution in [2.24, 2.45) is 0 Å². The van der Waals surface area contributed by atoms with Crippen LogP contribution in [0, 0.1) is 0 Å². The number of carbonyl (C=O) groups is 3. The predicted octanol–water partition coefficient (Wildman–Crippen LogP) is 1.56. The van der Waals surface area contributed by atoms with E-state index in [1.54, 1.807) is 0 Å². The molecule has 1 heterocycles. The van der Waals surface area contributed by atoms with Crippen molar-refractivity contribution in [3.8, 4) is 0 Å². The van der Waals surface area contributed by atoms with Crippen LogP contribution in [0.2, 0.25) is 0 Å². The molecule has 0 saturated heterocycles. The molecule has 0 atom stereocenters. The van der Waals surface area contributed by atoms with Crippen LogP contribution in [-0.2, 0) is 9.59 Å². The molecule has 8 heteroatoms. The zero-order chi connectivity index (χ0) is 14.4. The highest BCUT2D eigenvalue weighted by Crippen LogP contribution is 2.21. The number of hydrogen-bond acceptors (Lipinski definition) is 5. The van der Waals surface area contributed by atoms with Crippen LogP contribution >= 0.6 is 11.3 Å². The van der Waals surface area contributed by atoms with Gasteiger partial charge in [-0.3, -0.25) is 15.4 Å². The number of hydrogen-bond donors (Lipinski definition) is 3. The smallest absolute Gasteiger partial charge is 0.328 e. The molecule has 19 heavy (non-hydrogen) atoms. The average molecular weight is 283 g/mol. The molecule has 0 saturated carbocycles. The molecule has 0 aliphatic heterocycles.